The molecule has 2 aliphatic heterocycles. The number of phenols is 1. The molecule has 2 heterocycles. The Bertz CT molecular complexity index is 1300. The van der Waals surface area contributed by atoms with Crippen LogP contribution < -0.4 is 10.1 Å². The Hall–Kier alpha value is -2.83. The average Bonchev–Trinajstić information content (AvgIpc) is 3.61. The molecule has 5 aliphatic rings. The van der Waals surface area contributed by atoms with Crippen LogP contribution in [0.3, 0.4) is 0 Å². The lowest BCUT2D eigenvalue weighted by Crippen LogP contribution is -2.81. The van der Waals surface area contributed by atoms with Gasteiger partial charge in [0.25, 0.3) is 0 Å². The van der Waals surface area contributed by atoms with Gasteiger partial charge in [-0.3, -0.25) is 14.5 Å². The van der Waals surface area contributed by atoms with E-state index in [4.69, 9.17) is 16.3 Å². The summed E-state index contributed by atoms with van der Waals surface area (Å²) in [4.78, 5) is 29.4. The van der Waals surface area contributed by atoms with Crippen molar-refractivity contribution >= 4 is 29.4 Å². The number of hydrogen-bond donors (Lipinski definition) is 2. The molecule has 186 valence electrons. The minimum Gasteiger partial charge on any atom is -0.504 e. The quantitative estimate of drug-likeness (QED) is 0.601. The standard InChI is InChI=1S/C29H29ClN2O4/c30-20-7-3-17(4-8-20)5-10-24(35)31-29-12-11-22(34)27-28(29)13-14-32(16-18-1-2-18)23(29)15-19-6-9-21(33)26(36-27)25(19)28/h3-10,18,23,27,33H,1-2,11-16H2,(H,31,35)/b10-5+/t23-,27+,28+,29-/m1/s1. The lowest BCUT2D eigenvalue weighted by molar-refractivity contribution is -0.148. The average molecular weight is 505 g/mol. The molecular formula is C29H29ClN2O4. The molecule has 1 saturated heterocycles. The molecule has 0 unspecified atom stereocenters. The Morgan fingerprint density at radius 1 is 1.19 bits per heavy atom. The summed E-state index contributed by atoms with van der Waals surface area (Å²) < 4.78 is 6.30. The highest BCUT2D eigenvalue weighted by Gasteiger charge is 2.73. The first-order valence-electron chi connectivity index (χ1n) is 13.0. The van der Waals surface area contributed by atoms with Crippen molar-refractivity contribution in [1.82, 2.24) is 10.2 Å². The second-order valence-corrected chi connectivity index (χ2v) is 11.6. The van der Waals surface area contributed by atoms with Crippen molar-refractivity contribution in [1.29, 1.82) is 0 Å². The van der Waals surface area contributed by atoms with E-state index in [-0.39, 0.29) is 23.5 Å². The van der Waals surface area contributed by atoms with E-state index in [0.29, 0.717) is 29.5 Å². The maximum atomic E-state index is 13.5. The van der Waals surface area contributed by atoms with Crippen molar-refractivity contribution in [2.45, 2.75) is 61.6 Å². The molecule has 7 heteroatoms. The third-order valence-corrected chi connectivity index (χ3v) is 9.51. The number of amides is 1. The highest BCUT2D eigenvalue weighted by Crippen LogP contribution is 2.65. The number of nitrogens with zero attached hydrogens (tertiary/aromatic N) is 1. The highest BCUT2D eigenvalue weighted by atomic mass is 35.5. The van der Waals surface area contributed by atoms with Crippen LogP contribution in [-0.2, 0) is 21.4 Å². The number of carbonyl (C=O) groups is 2. The first kappa shape index (κ1) is 22.4. The number of ether oxygens (including phenoxy) is 1. The first-order chi connectivity index (χ1) is 17.4. The van der Waals surface area contributed by atoms with E-state index in [1.165, 1.54) is 12.8 Å². The number of rotatable bonds is 5. The normalized spacial score (nSPS) is 32.3. The maximum absolute atomic E-state index is 13.5. The zero-order valence-electron chi connectivity index (χ0n) is 20.0. The van der Waals surface area contributed by atoms with Gasteiger partial charge < -0.3 is 15.2 Å². The van der Waals surface area contributed by atoms with E-state index in [1.807, 2.05) is 18.2 Å². The van der Waals surface area contributed by atoms with Crippen molar-refractivity contribution in [2.24, 2.45) is 5.92 Å². The number of halogens is 1. The molecule has 3 fully saturated rings. The van der Waals surface area contributed by atoms with Gasteiger partial charge in [0.15, 0.2) is 23.4 Å². The summed E-state index contributed by atoms with van der Waals surface area (Å²) in [5.74, 6) is 1.13. The van der Waals surface area contributed by atoms with E-state index in [1.54, 1.807) is 30.4 Å². The van der Waals surface area contributed by atoms with Crippen LogP contribution in [-0.4, -0.2) is 52.5 Å². The summed E-state index contributed by atoms with van der Waals surface area (Å²) in [5, 5.41) is 14.8. The smallest absolute Gasteiger partial charge is 0.244 e. The third-order valence-electron chi connectivity index (χ3n) is 9.26. The van der Waals surface area contributed by atoms with Gasteiger partial charge in [-0.25, -0.2) is 0 Å². The minimum absolute atomic E-state index is 0.0643. The molecule has 1 amide bonds. The third kappa shape index (κ3) is 3.07. The van der Waals surface area contributed by atoms with Crippen LogP contribution in [0, 0.1) is 5.92 Å². The van der Waals surface area contributed by atoms with Crippen LogP contribution in [0.2, 0.25) is 5.02 Å². The number of phenolic OH excluding ortho intramolecular Hbond substituents is 1. The predicted molar refractivity (Wildman–Crippen MR) is 136 cm³/mol. The molecule has 36 heavy (non-hydrogen) atoms. The molecule has 2 saturated carbocycles. The van der Waals surface area contributed by atoms with Gasteiger partial charge in [-0.2, -0.15) is 0 Å². The second-order valence-electron chi connectivity index (χ2n) is 11.1. The van der Waals surface area contributed by atoms with E-state index >= 15 is 0 Å². The molecule has 2 aromatic carbocycles. The first-order valence-corrected chi connectivity index (χ1v) is 13.3. The number of carbonyl (C=O) groups excluding carboxylic acids is 2. The lowest BCUT2D eigenvalue weighted by Gasteiger charge is -2.65. The van der Waals surface area contributed by atoms with Crippen molar-refractivity contribution in [2.75, 3.05) is 13.1 Å². The van der Waals surface area contributed by atoms with Gasteiger partial charge >= 0.3 is 0 Å². The van der Waals surface area contributed by atoms with Crippen molar-refractivity contribution in [3.8, 4) is 11.5 Å². The van der Waals surface area contributed by atoms with E-state index < -0.39 is 17.1 Å². The number of piperidine rings is 1. The molecule has 2 aromatic rings. The van der Waals surface area contributed by atoms with Gasteiger partial charge in [0, 0.05) is 35.7 Å². The van der Waals surface area contributed by atoms with E-state index in [0.717, 1.165) is 42.6 Å². The van der Waals surface area contributed by atoms with Gasteiger partial charge in [-0.15, -0.1) is 0 Å². The molecular weight excluding hydrogens is 476 g/mol. The summed E-state index contributed by atoms with van der Waals surface area (Å²) in [5.41, 5.74) is 1.66. The number of ketones is 1. The molecule has 1 spiro atoms. The highest BCUT2D eigenvalue weighted by molar-refractivity contribution is 6.30. The molecule has 2 N–H and O–H groups in total. The Morgan fingerprint density at radius 2 is 2.00 bits per heavy atom. The van der Waals surface area contributed by atoms with Gasteiger partial charge in [0.1, 0.15) is 0 Å². The largest absolute Gasteiger partial charge is 0.504 e. The van der Waals surface area contributed by atoms with Crippen LogP contribution in [0.5, 0.6) is 11.5 Å². The molecule has 7 rings (SSSR count). The van der Waals surface area contributed by atoms with Gasteiger partial charge in [0.2, 0.25) is 5.91 Å². The molecule has 2 bridgehead atoms. The van der Waals surface area contributed by atoms with Crippen molar-refractivity contribution in [3.05, 3.63) is 64.2 Å². The Kier molecular flexibility index (Phi) is 4.87. The Labute approximate surface area is 215 Å². The second kappa shape index (κ2) is 7.83. The van der Waals surface area contributed by atoms with Crippen molar-refractivity contribution < 1.29 is 19.4 Å². The number of Topliss-reactive ketones (excluding diaryl/α,β-unsaturated/α-hetero) is 1. The van der Waals surface area contributed by atoms with Crippen LogP contribution in [0.4, 0.5) is 0 Å². The zero-order valence-corrected chi connectivity index (χ0v) is 20.8. The molecule has 0 radical (unpaired) electrons. The predicted octanol–water partition coefficient (Wildman–Crippen LogP) is 4.02. The molecule has 4 atom stereocenters. The van der Waals surface area contributed by atoms with Crippen LogP contribution in [0.1, 0.15) is 48.8 Å². The number of aromatic hydroxyl groups is 1. The fraction of sp³-hybridized carbons (Fsp3) is 0.448. The van der Waals surface area contributed by atoms with Crippen molar-refractivity contribution in [3.63, 3.8) is 0 Å². The zero-order chi connectivity index (χ0) is 24.7. The Morgan fingerprint density at radius 3 is 2.78 bits per heavy atom. The number of nitrogens with one attached hydrogen (secondary N) is 1. The van der Waals surface area contributed by atoms with Crippen LogP contribution in [0.25, 0.3) is 6.08 Å². The minimum atomic E-state index is -0.681. The lowest BCUT2D eigenvalue weighted by atomic mass is 9.47. The van der Waals surface area contributed by atoms with Gasteiger partial charge in [0.05, 0.1) is 11.0 Å². The monoisotopic (exact) mass is 504 g/mol. The van der Waals surface area contributed by atoms with E-state index in [2.05, 4.69) is 10.2 Å². The number of hydrogen-bond acceptors (Lipinski definition) is 5. The summed E-state index contributed by atoms with van der Waals surface area (Å²) in [7, 11) is 0. The molecule has 3 aliphatic carbocycles. The van der Waals surface area contributed by atoms with Gasteiger partial charge in [-0.05, 0) is 80.0 Å². The summed E-state index contributed by atoms with van der Waals surface area (Å²) in [6.45, 7) is 1.89. The SMILES string of the molecule is O=C(/C=C/c1ccc(Cl)cc1)N[C@@]12CCC(=O)[C@@H]3Oc4c(O)ccc5c4[C@@]31CCN(CC1CC1)[C@@H]2C5. The Balaban J connectivity index is 1.33. The fourth-order valence-corrected chi connectivity index (χ4v) is 7.70. The van der Waals surface area contributed by atoms with Gasteiger partial charge in [-0.1, -0.05) is 29.8 Å². The summed E-state index contributed by atoms with van der Waals surface area (Å²) in [6, 6.07) is 11.1. The number of benzene rings is 2. The molecule has 0 aromatic heterocycles. The van der Waals surface area contributed by atoms with Crippen LogP contribution >= 0.6 is 11.6 Å². The van der Waals surface area contributed by atoms with Crippen LogP contribution in [0.15, 0.2) is 42.5 Å². The maximum Gasteiger partial charge on any atom is 0.244 e. The summed E-state index contributed by atoms with van der Waals surface area (Å²) >= 11 is 6.00. The topological polar surface area (TPSA) is 78.9 Å². The fourth-order valence-electron chi connectivity index (χ4n) is 7.57. The summed E-state index contributed by atoms with van der Waals surface area (Å²) in [6.07, 6.45) is 7.63. The molecule has 6 nitrogen and oxygen atoms in total. The van der Waals surface area contributed by atoms with E-state index in [9.17, 15) is 14.7 Å². The number of likely N-dealkylation sites (tertiary alicyclic amines) is 1.